The second kappa shape index (κ2) is 4.49. The van der Waals surface area contributed by atoms with Crippen molar-refractivity contribution in [2.45, 2.75) is 25.7 Å². The monoisotopic (exact) mass is 268 g/mol. The molecule has 98 valence electrons. The summed E-state index contributed by atoms with van der Waals surface area (Å²) < 4.78 is 17.2. The number of benzene rings is 1. The summed E-state index contributed by atoms with van der Waals surface area (Å²) in [6.45, 7) is 4.25. The highest BCUT2D eigenvalue weighted by atomic mass is 35.5. The van der Waals surface area contributed by atoms with E-state index in [1.807, 2.05) is 18.2 Å². The van der Waals surface area contributed by atoms with Crippen LogP contribution in [0.5, 0.6) is 0 Å². The molecule has 0 amide bonds. The standard InChI is InChI=1S/C14H17ClO3/c1-13-8-16-14(17-9-13,18-10-13)6-5-11-3-2-4-12(15)7-11/h2-4,7H,5-6,8-10H2,1H3. The molecule has 1 aromatic carbocycles. The van der Waals surface area contributed by atoms with Gasteiger partial charge in [0.1, 0.15) is 0 Å². The molecular formula is C14H17ClO3. The maximum atomic E-state index is 5.97. The van der Waals surface area contributed by atoms with Crippen LogP contribution in [0.4, 0.5) is 0 Å². The summed E-state index contributed by atoms with van der Waals surface area (Å²) in [6.07, 6.45) is 1.53. The average Bonchev–Trinajstić information content (AvgIpc) is 2.39. The number of aryl methyl sites for hydroxylation is 1. The van der Waals surface area contributed by atoms with E-state index in [-0.39, 0.29) is 5.41 Å². The third kappa shape index (κ3) is 2.41. The van der Waals surface area contributed by atoms with Gasteiger partial charge in [0, 0.05) is 16.9 Å². The van der Waals surface area contributed by atoms with E-state index in [0.717, 1.165) is 11.4 Å². The van der Waals surface area contributed by atoms with E-state index in [9.17, 15) is 0 Å². The van der Waals surface area contributed by atoms with E-state index >= 15 is 0 Å². The smallest absolute Gasteiger partial charge is 0.283 e. The van der Waals surface area contributed by atoms with Crippen molar-refractivity contribution >= 4 is 11.6 Å². The third-order valence-corrected chi connectivity index (χ3v) is 3.77. The van der Waals surface area contributed by atoms with Gasteiger partial charge in [-0.05, 0) is 24.1 Å². The summed E-state index contributed by atoms with van der Waals surface area (Å²) in [5.74, 6) is -0.833. The van der Waals surface area contributed by atoms with Gasteiger partial charge in [-0.15, -0.1) is 0 Å². The predicted octanol–water partition coefficient (Wildman–Crippen LogP) is 3.01. The van der Waals surface area contributed by atoms with Gasteiger partial charge >= 0.3 is 0 Å². The third-order valence-electron chi connectivity index (χ3n) is 3.53. The van der Waals surface area contributed by atoms with Crippen molar-refractivity contribution in [1.82, 2.24) is 0 Å². The van der Waals surface area contributed by atoms with Crippen molar-refractivity contribution in [2.75, 3.05) is 19.8 Å². The molecule has 3 heterocycles. The van der Waals surface area contributed by atoms with E-state index < -0.39 is 5.97 Å². The minimum Gasteiger partial charge on any atom is -0.327 e. The quantitative estimate of drug-likeness (QED) is 0.843. The van der Waals surface area contributed by atoms with Crippen LogP contribution in [-0.4, -0.2) is 25.8 Å². The SMILES string of the molecule is CC12COC(CCc3cccc(Cl)c3)(OC1)OC2. The Morgan fingerprint density at radius 3 is 2.44 bits per heavy atom. The molecule has 4 rings (SSSR count). The molecule has 0 atom stereocenters. The Balaban J connectivity index is 1.64. The molecule has 18 heavy (non-hydrogen) atoms. The van der Waals surface area contributed by atoms with E-state index in [2.05, 4.69) is 13.0 Å². The van der Waals surface area contributed by atoms with E-state index in [1.165, 1.54) is 5.56 Å². The van der Waals surface area contributed by atoms with E-state index in [4.69, 9.17) is 25.8 Å². The number of hydrogen-bond donors (Lipinski definition) is 0. The van der Waals surface area contributed by atoms with Crippen LogP contribution >= 0.6 is 11.6 Å². The van der Waals surface area contributed by atoms with Gasteiger partial charge in [0.15, 0.2) is 0 Å². The lowest BCUT2D eigenvalue weighted by atomic mass is 9.91. The van der Waals surface area contributed by atoms with Gasteiger partial charge in [-0.3, -0.25) is 0 Å². The van der Waals surface area contributed by atoms with Crippen LogP contribution in [-0.2, 0) is 20.6 Å². The first kappa shape index (κ1) is 12.4. The number of halogens is 1. The fraction of sp³-hybridized carbons (Fsp3) is 0.571. The molecule has 3 aliphatic rings. The topological polar surface area (TPSA) is 27.7 Å². The van der Waals surface area contributed by atoms with Crippen LogP contribution in [0.25, 0.3) is 0 Å². The fourth-order valence-corrected chi connectivity index (χ4v) is 2.52. The molecule has 4 heteroatoms. The fourth-order valence-electron chi connectivity index (χ4n) is 2.31. The summed E-state index contributed by atoms with van der Waals surface area (Å²) in [5.41, 5.74) is 1.20. The Kier molecular flexibility index (Phi) is 3.10. The zero-order valence-electron chi connectivity index (χ0n) is 10.4. The zero-order valence-corrected chi connectivity index (χ0v) is 11.2. The molecular weight excluding hydrogens is 252 g/mol. The van der Waals surface area contributed by atoms with Crippen molar-refractivity contribution in [1.29, 1.82) is 0 Å². The lowest BCUT2D eigenvalue weighted by molar-refractivity contribution is -0.467. The minimum absolute atomic E-state index is 0.0256. The summed E-state index contributed by atoms with van der Waals surface area (Å²) in [7, 11) is 0. The molecule has 3 fully saturated rings. The van der Waals surface area contributed by atoms with Crippen LogP contribution in [0.1, 0.15) is 18.9 Å². The average molecular weight is 269 g/mol. The van der Waals surface area contributed by atoms with Gasteiger partial charge in [-0.1, -0.05) is 30.7 Å². The van der Waals surface area contributed by atoms with Crippen molar-refractivity contribution in [3.63, 3.8) is 0 Å². The van der Waals surface area contributed by atoms with Gasteiger partial charge in [-0.25, -0.2) is 0 Å². The van der Waals surface area contributed by atoms with Crippen LogP contribution < -0.4 is 0 Å². The molecule has 0 radical (unpaired) electrons. The second-order valence-electron chi connectivity index (χ2n) is 5.49. The lowest BCUT2D eigenvalue weighted by Gasteiger charge is -2.50. The molecule has 0 aliphatic carbocycles. The number of hydrogen-bond acceptors (Lipinski definition) is 3. The summed E-state index contributed by atoms with van der Waals surface area (Å²) >= 11 is 5.97. The molecule has 1 aromatic rings. The highest BCUT2D eigenvalue weighted by molar-refractivity contribution is 6.30. The van der Waals surface area contributed by atoms with Crippen molar-refractivity contribution in [3.05, 3.63) is 34.9 Å². The first-order valence-corrected chi connectivity index (χ1v) is 6.63. The normalized spacial score (nSPS) is 34.8. The van der Waals surface area contributed by atoms with Gasteiger partial charge in [-0.2, -0.15) is 0 Å². The second-order valence-corrected chi connectivity index (χ2v) is 5.93. The van der Waals surface area contributed by atoms with Crippen LogP contribution in [0, 0.1) is 5.41 Å². The van der Waals surface area contributed by atoms with E-state index in [1.54, 1.807) is 0 Å². The molecule has 3 nitrogen and oxygen atoms in total. The van der Waals surface area contributed by atoms with Gasteiger partial charge in [0.05, 0.1) is 19.8 Å². The lowest BCUT2D eigenvalue weighted by Crippen LogP contribution is -2.59. The number of rotatable bonds is 3. The van der Waals surface area contributed by atoms with Crippen LogP contribution in [0.2, 0.25) is 5.02 Å². The van der Waals surface area contributed by atoms with Gasteiger partial charge in [0.25, 0.3) is 5.97 Å². The number of fused-ring (bicyclic) bond motifs is 3. The number of ether oxygens (including phenoxy) is 3. The highest BCUT2D eigenvalue weighted by Crippen LogP contribution is 2.40. The Labute approximate surface area is 112 Å². The molecule has 0 saturated carbocycles. The first-order valence-electron chi connectivity index (χ1n) is 6.26. The molecule has 2 bridgehead atoms. The maximum absolute atomic E-state index is 5.97. The van der Waals surface area contributed by atoms with Crippen molar-refractivity contribution in [3.8, 4) is 0 Å². The molecule has 0 N–H and O–H groups in total. The molecule has 3 aliphatic heterocycles. The largest absolute Gasteiger partial charge is 0.327 e. The van der Waals surface area contributed by atoms with E-state index in [0.29, 0.717) is 26.2 Å². The highest BCUT2D eigenvalue weighted by Gasteiger charge is 2.49. The van der Waals surface area contributed by atoms with Crippen LogP contribution in [0.15, 0.2) is 24.3 Å². The summed E-state index contributed by atoms with van der Waals surface area (Å²) in [6, 6.07) is 7.85. The van der Waals surface area contributed by atoms with Crippen molar-refractivity contribution < 1.29 is 14.2 Å². The predicted molar refractivity (Wildman–Crippen MR) is 68.5 cm³/mol. The first-order chi connectivity index (χ1) is 8.59. The Bertz CT molecular complexity index is 422. The maximum Gasteiger partial charge on any atom is 0.283 e. The minimum atomic E-state index is -0.833. The summed E-state index contributed by atoms with van der Waals surface area (Å²) in [5, 5.41) is 0.757. The van der Waals surface area contributed by atoms with Crippen molar-refractivity contribution in [2.24, 2.45) is 5.41 Å². The Morgan fingerprint density at radius 2 is 1.83 bits per heavy atom. The Hall–Kier alpha value is -0.610. The van der Waals surface area contributed by atoms with Gasteiger partial charge in [0.2, 0.25) is 0 Å². The molecule has 0 aromatic heterocycles. The Morgan fingerprint density at radius 1 is 1.17 bits per heavy atom. The molecule has 3 saturated heterocycles. The molecule has 0 unspecified atom stereocenters. The van der Waals surface area contributed by atoms with Gasteiger partial charge < -0.3 is 14.2 Å². The zero-order chi connectivity index (χ0) is 12.6. The molecule has 0 spiro atoms. The summed E-state index contributed by atoms with van der Waals surface area (Å²) in [4.78, 5) is 0. The van der Waals surface area contributed by atoms with Crippen LogP contribution in [0.3, 0.4) is 0 Å².